The highest BCUT2D eigenvalue weighted by Crippen LogP contribution is 2.16. The maximum Gasteiger partial charge on any atom is 0.237 e. The number of aromatic nitrogens is 2. The fraction of sp³-hybridized carbons (Fsp3) is 0.667. The lowest BCUT2D eigenvalue weighted by Crippen LogP contribution is -2.54. The van der Waals surface area contributed by atoms with E-state index in [1.165, 1.54) is 6.42 Å². The Bertz CT molecular complexity index is 460. The fourth-order valence-electron chi connectivity index (χ4n) is 3.11. The van der Waals surface area contributed by atoms with Gasteiger partial charge < -0.3 is 15.5 Å². The van der Waals surface area contributed by atoms with Crippen LogP contribution in [0, 0.1) is 0 Å². The predicted molar refractivity (Wildman–Crippen MR) is 81.1 cm³/mol. The first kappa shape index (κ1) is 14.3. The van der Waals surface area contributed by atoms with E-state index >= 15 is 0 Å². The molecule has 1 aromatic heterocycles. The zero-order valence-corrected chi connectivity index (χ0v) is 12.3. The van der Waals surface area contributed by atoms with Gasteiger partial charge in [0.05, 0.1) is 6.04 Å². The van der Waals surface area contributed by atoms with Crippen LogP contribution in [0.1, 0.15) is 32.1 Å². The van der Waals surface area contributed by atoms with E-state index in [2.05, 4.69) is 25.5 Å². The van der Waals surface area contributed by atoms with Crippen molar-refractivity contribution in [1.82, 2.24) is 20.6 Å². The van der Waals surface area contributed by atoms with Crippen LogP contribution in [0.4, 0.5) is 5.95 Å². The van der Waals surface area contributed by atoms with E-state index in [0.717, 1.165) is 51.3 Å². The monoisotopic (exact) mass is 289 g/mol. The number of carbonyl (C=O) groups is 1. The summed E-state index contributed by atoms with van der Waals surface area (Å²) in [6, 6.07) is 2.00. The average Bonchev–Trinajstić information content (AvgIpc) is 2.57. The van der Waals surface area contributed by atoms with Gasteiger partial charge in [-0.1, -0.05) is 6.42 Å². The maximum absolute atomic E-state index is 12.3. The number of anilines is 1. The molecule has 0 bridgehead atoms. The largest absolute Gasteiger partial charge is 0.350 e. The number of nitrogens with one attached hydrogen (secondary N) is 2. The van der Waals surface area contributed by atoms with Gasteiger partial charge in [-0.15, -0.1) is 0 Å². The molecule has 2 saturated heterocycles. The molecule has 114 valence electrons. The minimum absolute atomic E-state index is 0.0119. The normalized spacial score (nSPS) is 26.4. The summed E-state index contributed by atoms with van der Waals surface area (Å²) in [4.78, 5) is 23.0. The molecule has 2 atom stereocenters. The lowest BCUT2D eigenvalue weighted by molar-refractivity contribution is -0.124. The van der Waals surface area contributed by atoms with Crippen molar-refractivity contribution in [3.63, 3.8) is 0 Å². The number of rotatable bonds is 3. The molecule has 2 aliphatic heterocycles. The Kier molecular flexibility index (Phi) is 4.65. The molecule has 1 amide bonds. The molecule has 0 aliphatic carbocycles. The van der Waals surface area contributed by atoms with E-state index in [1.54, 1.807) is 12.4 Å². The molecule has 0 aromatic carbocycles. The van der Waals surface area contributed by atoms with E-state index in [4.69, 9.17) is 0 Å². The van der Waals surface area contributed by atoms with Crippen molar-refractivity contribution in [1.29, 1.82) is 0 Å². The summed E-state index contributed by atoms with van der Waals surface area (Å²) in [5, 5.41) is 6.49. The first-order valence-electron chi connectivity index (χ1n) is 7.88. The van der Waals surface area contributed by atoms with Gasteiger partial charge in [-0.05, 0) is 38.3 Å². The Balaban J connectivity index is 1.55. The summed E-state index contributed by atoms with van der Waals surface area (Å²) in [6.07, 6.45) is 8.87. The number of nitrogens with zero attached hydrogens (tertiary/aromatic N) is 3. The molecule has 21 heavy (non-hydrogen) atoms. The third-order valence-corrected chi connectivity index (χ3v) is 4.23. The lowest BCUT2D eigenvalue weighted by Gasteiger charge is -2.34. The molecule has 6 nitrogen and oxygen atoms in total. The van der Waals surface area contributed by atoms with Crippen molar-refractivity contribution in [3.05, 3.63) is 18.5 Å². The van der Waals surface area contributed by atoms with Crippen LogP contribution in [0.2, 0.25) is 0 Å². The van der Waals surface area contributed by atoms with Crippen LogP contribution in [0.25, 0.3) is 0 Å². The minimum Gasteiger partial charge on any atom is -0.350 e. The number of hydrogen-bond acceptors (Lipinski definition) is 5. The molecular formula is C15H23N5O. The smallest absolute Gasteiger partial charge is 0.237 e. The van der Waals surface area contributed by atoms with Crippen molar-refractivity contribution < 1.29 is 4.79 Å². The highest BCUT2D eigenvalue weighted by Gasteiger charge is 2.26. The molecule has 0 spiro atoms. The predicted octanol–water partition coefficient (Wildman–Crippen LogP) is 0.704. The molecule has 3 heterocycles. The van der Waals surface area contributed by atoms with Crippen molar-refractivity contribution in [2.45, 2.75) is 44.2 Å². The van der Waals surface area contributed by atoms with Crippen molar-refractivity contribution >= 4 is 11.9 Å². The standard InChI is InChI=1S/C15H23N5O/c21-14(13-6-1-2-7-16-13)19-12-5-3-10-20(11-12)15-17-8-4-9-18-15/h4,8-9,12-13,16H,1-3,5-7,10-11H2,(H,19,21)/t12?,13-/m1/s1. The zero-order chi connectivity index (χ0) is 14.5. The van der Waals surface area contributed by atoms with Gasteiger partial charge in [0.1, 0.15) is 0 Å². The molecule has 2 N–H and O–H groups in total. The SMILES string of the molecule is O=C(NC1CCCN(c2ncccn2)C1)[C@H]1CCCCN1. The Labute approximate surface area is 125 Å². The minimum atomic E-state index is -0.0119. The van der Waals surface area contributed by atoms with Crippen molar-refractivity contribution in [3.8, 4) is 0 Å². The Hall–Kier alpha value is -1.69. The Morgan fingerprint density at radius 2 is 2.10 bits per heavy atom. The second-order valence-electron chi connectivity index (χ2n) is 5.85. The summed E-state index contributed by atoms with van der Waals surface area (Å²) >= 11 is 0. The number of amides is 1. The highest BCUT2D eigenvalue weighted by atomic mass is 16.2. The molecular weight excluding hydrogens is 266 g/mol. The van der Waals surface area contributed by atoms with Gasteiger partial charge in [0, 0.05) is 31.5 Å². The average molecular weight is 289 g/mol. The summed E-state index contributed by atoms with van der Waals surface area (Å²) in [5.41, 5.74) is 0. The van der Waals surface area contributed by atoms with Gasteiger partial charge in [0.25, 0.3) is 0 Å². The van der Waals surface area contributed by atoms with Crippen LogP contribution >= 0.6 is 0 Å². The van der Waals surface area contributed by atoms with Crippen LogP contribution in [0.15, 0.2) is 18.5 Å². The van der Waals surface area contributed by atoms with Gasteiger partial charge in [0.2, 0.25) is 11.9 Å². The molecule has 3 rings (SSSR count). The van der Waals surface area contributed by atoms with Gasteiger partial charge in [-0.3, -0.25) is 4.79 Å². The number of carbonyl (C=O) groups excluding carboxylic acids is 1. The van der Waals surface area contributed by atoms with E-state index in [0.29, 0.717) is 0 Å². The summed E-state index contributed by atoms with van der Waals surface area (Å²) < 4.78 is 0. The van der Waals surface area contributed by atoms with Crippen molar-refractivity contribution in [2.24, 2.45) is 0 Å². The second kappa shape index (κ2) is 6.85. The van der Waals surface area contributed by atoms with Gasteiger partial charge >= 0.3 is 0 Å². The van der Waals surface area contributed by atoms with E-state index in [-0.39, 0.29) is 18.0 Å². The van der Waals surface area contributed by atoms with Crippen molar-refractivity contribution in [2.75, 3.05) is 24.5 Å². The van der Waals surface area contributed by atoms with E-state index < -0.39 is 0 Å². The summed E-state index contributed by atoms with van der Waals surface area (Å²) in [6.45, 7) is 2.70. The number of piperidine rings is 2. The molecule has 2 fully saturated rings. The highest BCUT2D eigenvalue weighted by molar-refractivity contribution is 5.82. The van der Waals surface area contributed by atoms with E-state index in [9.17, 15) is 4.79 Å². The van der Waals surface area contributed by atoms with Crippen LogP contribution in [0.5, 0.6) is 0 Å². The third-order valence-electron chi connectivity index (χ3n) is 4.23. The quantitative estimate of drug-likeness (QED) is 0.857. The van der Waals surface area contributed by atoms with E-state index in [1.807, 2.05) is 6.07 Å². The Morgan fingerprint density at radius 3 is 2.86 bits per heavy atom. The molecule has 1 unspecified atom stereocenters. The van der Waals surface area contributed by atoms with Crippen LogP contribution < -0.4 is 15.5 Å². The second-order valence-corrected chi connectivity index (χ2v) is 5.85. The van der Waals surface area contributed by atoms with Gasteiger partial charge in [0.15, 0.2) is 0 Å². The number of hydrogen-bond donors (Lipinski definition) is 2. The zero-order valence-electron chi connectivity index (χ0n) is 12.3. The lowest BCUT2D eigenvalue weighted by atomic mass is 10.0. The third kappa shape index (κ3) is 3.69. The topological polar surface area (TPSA) is 70.2 Å². The van der Waals surface area contributed by atoms with Gasteiger partial charge in [-0.25, -0.2) is 9.97 Å². The first-order valence-corrected chi connectivity index (χ1v) is 7.88. The van der Waals surface area contributed by atoms with Crippen LogP contribution in [-0.2, 0) is 4.79 Å². The molecule has 0 radical (unpaired) electrons. The molecule has 0 saturated carbocycles. The Morgan fingerprint density at radius 1 is 1.24 bits per heavy atom. The molecule has 1 aromatic rings. The van der Waals surface area contributed by atoms with Crippen LogP contribution in [-0.4, -0.2) is 47.6 Å². The fourth-order valence-corrected chi connectivity index (χ4v) is 3.11. The molecule has 6 heteroatoms. The maximum atomic E-state index is 12.3. The summed E-state index contributed by atoms with van der Waals surface area (Å²) in [7, 11) is 0. The van der Waals surface area contributed by atoms with Gasteiger partial charge in [-0.2, -0.15) is 0 Å². The van der Waals surface area contributed by atoms with Crippen LogP contribution in [0.3, 0.4) is 0 Å². The summed E-state index contributed by atoms with van der Waals surface area (Å²) in [5.74, 6) is 0.905. The first-order chi connectivity index (χ1) is 10.3. The molecule has 2 aliphatic rings.